The molecule has 0 radical (unpaired) electrons. The number of hydrogen-bond donors (Lipinski definition) is 2. The van der Waals surface area contributed by atoms with Crippen molar-refractivity contribution >= 4 is 11.7 Å². The number of likely N-dealkylation sites (tertiary alicyclic amines) is 1. The Balaban J connectivity index is 1.50. The molecule has 1 aliphatic rings. The summed E-state index contributed by atoms with van der Waals surface area (Å²) in [6, 6.07) is 8.68. The lowest BCUT2D eigenvalue weighted by Gasteiger charge is -2.32. The van der Waals surface area contributed by atoms with E-state index in [1.165, 1.54) is 4.52 Å². The van der Waals surface area contributed by atoms with Crippen LogP contribution in [0.3, 0.4) is 0 Å². The maximum Gasteiger partial charge on any atom is 0.335 e. The topological polar surface area (TPSA) is 104 Å². The Bertz CT molecular complexity index is 1040. The van der Waals surface area contributed by atoms with Crippen molar-refractivity contribution in [1.82, 2.24) is 24.5 Å². The fourth-order valence-electron chi connectivity index (χ4n) is 3.71. The normalized spacial score (nSPS) is 18.0. The van der Waals surface area contributed by atoms with Crippen LogP contribution in [-0.2, 0) is 6.54 Å². The molecular formula is C19H21N5O3. The Morgan fingerprint density at radius 3 is 2.81 bits per heavy atom. The minimum atomic E-state index is -0.909. The van der Waals surface area contributed by atoms with Crippen molar-refractivity contribution < 1.29 is 9.90 Å². The molecule has 1 aromatic carbocycles. The van der Waals surface area contributed by atoms with Gasteiger partial charge in [-0.05, 0) is 49.9 Å². The maximum absolute atomic E-state index is 12.2. The first kappa shape index (κ1) is 17.4. The van der Waals surface area contributed by atoms with Crippen molar-refractivity contribution in [3.05, 3.63) is 63.3 Å². The zero-order valence-corrected chi connectivity index (χ0v) is 15.1. The summed E-state index contributed by atoms with van der Waals surface area (Å²) >= 11 is 0. The number of aromatic carboxylic acids is 1. The van der Waals surface area contributed by atoms with E-state index >= 15 is 0 Å². The number of carboxylic acids is 1. The number of benzene rings is 1. The molecule has 1 aliphatic heterocycles. The van der Waals surface area contributed by atoms with Crippen molar-refractivity contribution in [2.45, 2.75) is 32.2 Å². The molecule has 8 nitrogen and oxygen atoms in total. The van der Waals surface area contributed by atoms with E-state index in [9.17, 15) is 9.59 Å². The molecule has 2 aromatic heterocycles. The van der Waals surface area contributed by atoms with Crippen molar-refractivity contribution in [1.29, 1.82) is 0 Å². The number of nitrogens with zero attached hydrogens (tertiary/aromatic N) is 4. The van der Waals surface area contributed by atoms with Gasteiger partial charge in [0, 0.05) is 19.2 Å². The average molecular weight is 367 g/mol. The van der Waals surface area contributed by atoms with Gasteiger partial charge in [0.2, 0.25) is 0 Å². The number of piperidine rings is 1. The number of aromatic amines is 1. The van der Waals surface area contributed by atoms with Crippen LogP contribution < -0.4 is 5.56 Å². The monoisotopic (exact) mass is 367 g/mol. The van der Waals surface area contributed by atoms with Gasteiger partial charge in [-0.15, -0.1) is 0 Å². The molecule has 0 amide bonds. The SMILES string of the molecule is Cc1nc2nc(CN3CCC[C@H](c4ccc(C(=O)O)cc4)C3)cc(=O)n2[nH]1. The van der Waals surface area contributed by atoms with Crippen LogP contribution in [-0.4, -0.2) is 48.6 Å². The van der Waals surface area contributed by atoms with Gasteiger partial charge in [-0.3, -0.25) is 14.8 Å². The van der Waals surface area contributed by atoms with Crippen LogP contribution in [0.4, 0.5) is 0 Å². The van der Waals surface area contributed by atoms with Crippen molar-refractivity contribution in [3.8, 4) is 0 Å². The molecule has 140 valence electrons. The quantitative estimate of drug-likeness (QED) is 0.729. The Morgan fingerprint density at radius 2 is 2.07 bits per heavy atom. The molecule has 3 aromatic rings. The molecular weight excluding hydrogens is 346 g/mol. The first-order valence-corrected chi connectivity index (χ1v) is 9.00. The number of fused-ring (bicyclic) bond motifs is 1. The second-order valence-corrected chi connectivity index (χ2v) is 7.03. The first-order chi connectivity index (χ1) is 13.0. The number of aromatic nitrogens is 4. The largest absolute Gasteiger partial charge is 0.478 e. The molecule has 4 rings (SSSR count). The van der Waals surface area contributed by atoms with Gasteiger partial charge in [-0.25, -0.2) is 9.78 Å². The van der Waals surface area contributed by atoms with E-state index in [-0.39, 0.29) is 5.56 Å². The number of nitrogens with one attached hydrogen (secondary N) is 1. The number of rotatable bonds is 4. The van der Waals surface area contributed by atoms with Gasteiger partial charge in [0.05, 0.1) is 11.3 Å². The third kappa shape index (κ3) is 3.61. The highest BCUT2D eigenvalue weighted by Crippen LogP contribution is 2.27. The molecule has 1 saturated heterocycles. The summed E-state index contributed by atoms with van der Waals surface area (Å²) < 4.78 is 1.35. The van der Waals surface area contributed by atoms with E-state index in [1.54, 1.807) is 25.1 Å². The highest BCUT2D eigenvalue weighted by Gasteiger charge is 2.22. The molecule has 0 saturated carbocycles. The number of aryl methyl sites for hydroxylation is 1. The molecule has 1 atom stereocenters. The van der Waals surface area contributed by atoms with Crippen molar-refractivity contribution in [3.63, 3.8) is 0 Å². The molecule has 3 heterocycles. The van der Waals surface area contributed by atoms with Crippen LogP contribution in [0.15, 0.2) is 35.1 Å². The Morgan fingerprint density at radius 1 is 1.30 bits per heavy atom. The lowest BCUT2D eigenvalue weighted by atomic mass is 9.90. The van der Waals surface area contributed by atoms with Crippen LogP contribution in [0.5, 0.6) is 0 Å². The van der Waals surface area contributed by atoms with Gasteiger partial charge in [0.15, 0.2) is 0 Å². The maximum atomic E-state index is 12.2. The molecule has 0 spiro atoms. The minimum Gasteiger partial charge on any atom is -0.478 e. The van der Waals surface area contributed by atoms with E-state index in [4.69, 9.17) is 5.11 Å². The predicted octanol–water partition coefficient (Wildman–Crippen LogP) is 1.80. The minimum absolute atomic E-state index is 0.159. The summed E-state index contributed by atoms with van der Waals surface area (Å²) in [4.78, 5) is 34.3. The fourth-order valence-corrected chi connectivity index (χ4v) is 3.71. The van der Waals surface area contributed by atoms with Crippen molar-refractivity contribution in [2.24, 2.45) is 0 Å². The molecule has 1 fully saturated rings. The highest BCUT2D eigenvalue weighted by molar-refractivity contribution is 5.87. The third-order valence-corrected chi connectivity index (χ3v) is 5.02. The van der Waals surface area contributed by atoms with Gasteiger partial charge >= 0.3 is 5.97 Å². The summed E-state index contributed by atoms with van der Waals surface area (Å²) in [6.45, 7) is 4.19. The Labute approximate surface area is 155 Å². The number of carbonyl (C=O) groups is 1. The molecule has 2 N–H and O–H groups in total. The first-order valence-electron chi connectivity index (χ1n) is 9.00. The van der Waals surface area contributed by atoms with E-state index in [2.05, 4.69) is 20.0 Å². The number of H-pyrrole nitrogens is 1. The number of hydrogen-bond acceptors (Lipinski definition) is 5. The third-order valence-electron chi connectivity index (χ3n) is 5.02. The van der Waals surface area contributed by atoms with E-state index in [1.807, 2.05) is 12.1 Å². The molecule has 0 bridgehead atoms. The zero-order valence-electron chi connectivity index (χ0n) is 15.1. The summed E-state index contributed by atoms with van der Waals surface area (Å²) in [5.74, 6) is 0.486. The summed E-state index contributed by atoms with van der Waals surface area (Å²) in [6.07, 6.45) is 2.12. The van der Waals surface area contributed by atoms with Crippen LogP contribution in [0, 0.1) is 6.92 Å². The zero-order chi connectivity index (χ0) is 19.0. The van der Waals surface area contributed by atoms with Gasteiger partial charge in [0.25, 0.3) is 11.3 Å². The highest BCUT2D eigenvalue weighted by atomic mass is 16.4. The van der Waals surface area contributed by atoms with Gasteiger partial charge < -0.3 is 5.11 Å². The molecule has 0 unspecified atom stereocenters. The van der Waals surface area contributed by atoms with Gasteiger partial charge in [-0.1, -0.05) is 12.1 Å². The van der Waals surface area contributed by atoms with E-state index in [0.717, 1.165) is 31.5 Å². The fraction of sp³-hybridized carbons (Fsp3) is 0.368. The van der Waals surface area contributed by atoms with E-state index < -0.39 is 5.97 Å². The predicted molar refractivity (Wildman–Crippen MR) is 99.0 cm³/mol. The number of carboxylic acid groups (broad SMARTS) is 1. The van der Waals surface area contributed by atoms with Gasteiger partial charge in [0.1, 0.15) is 5.82 Å². The second kappa shape index (κ2) is 6.96. The second-order valence-electron chi connectivity index (χ2n) is 7.03. The lowest BCUT2D eigenvalue weighted by Crippen LogP contribution is -2.34. The molecule has 8 heteroatoms. The standard InChI is InChI=1S/C19H21N5O3/c1-12-20-19-21-16(9-17(25)24(19)22-12)11-23-8-2-3-15(10-23)13-4-6-14(7-5-13)18(26)27/h4-7,9,15H,2-3,8,10-11H2,1H3,(H,26,27)(H,20,21,22)/t15-/m0/s1. The molecule has 27 heavy (non-hydrogen) atoms. The van der Waals surface area contributed by atoms with Crippen molar-refractivity contribution in [2.75, 3.05) is 13.1 Å². The van der Waals surface area contributed by atoms with Crippen LogP contribution in [0.25, 0.3) is 5.78 Å². The smallest absolute Gasteiger partial charge is 0.335 e. The molecule has 0 aliphatic carbocycles. The Hall–Kier alpha value is -3.00. The van der Waals surface area contributed by atoms with Crippen LogP contribution in [0.1, 0.15) is 46.2 Å². The Kier molecular flexibility index (Phi) is 4.49. The summed E-state index contributed by atoms with van der Waals surface area (Å²) in [5, 5.41) is 11.9. The van der Waals surface area contributed by atoms with E-state index in [0.29, 0.717) is 35.3 Å². The lowest BCUT2D eigenvalue weighted by molar-refractivity contribution is 0.0697. The summed E-state index contributed by atoms with van der Waals surface area (Å²) in [7, 11) is 0. The van der Waals surface area contributed by atoms with Gasteiger partial charge in [-0.2, -0.15) is 9.50 Å². The summed E-state index contributed by atoms with van der Waals surface area (Å²) in [5.41, 5.74) is 2.01. The average Bonchev–Trinajstić information content (AvgIpc) is 3.03. The van der Waals surface area contributed by atoms with Crippen LogP contribution in [0.2, 0.25) is 0 Å². The van der Waals surface area contributed by atoms with Crippen LogP contribution >= 0.6 is 0 Å².